The van der Waals surface area contributed by atoms with Gasteiger partial charge in [0, 0.05) is 0 Å². The van der Waals surface area contributed by atoms with E-state index in [4.69, 9.17) is 8.19 Å². The number of rotatable bonds is 3. The first-order valence-corrected chi connectivity index (χ1v) is 9.53. The molecule has 0 spiro atoms. The summed E-state index contributed by atoms with van der Waals surface area (Å²) in [5.41, 5.74) is -0.327. The second kappa shape index (κ2) is 8.03. The molecule has 0 atom stereocenters. The van der Waals surface area contributed by atoms with Crippen molar-refractivity contribution in [1.82, 2.24) is 0 Å². The maximum Gasteiger partial charge on any atom is 0.293 e. The van der Waals surface area contributed by atoms with Gasteiger partial charge in [0.1, 0.15) is 5.60 Å². The number of nitrogens with one attached hydrogen (secondary N) is 1. The van der Waals surface area contributed by atoms with Crippen LogP contribution in [0.1, 0.15) is 27.7 Å². The molecule has 0 aliphatic carbocycles. The van der Waals surface area contributed by atoms with Crippen molar-refractivity contribution in [1.29, 1.82) is 0 Å². The number of hydrogen-bond acceptors (Lipinski definition) is 5. The van der Waals surface area contributed by atoms with Crippen molar-refractivity contribution >= 4 is 36.6 Å². The SMILES string of the molecule is CC(=O)Nc1cc([As](=O)(O)O)ccc1O.CC(C)(C)OC=O. The average molecular weight is 377 g/mol. The molecule has 9 heteroatoms. The molecule has 0 aromatic heterocycles. The first-order valence-electron chi connectivity index (χ1n) is 6.15. The maximum absolute atomic E-state index is 10.9. The van der Waals surface area contributed by atoms with Crippen molar-refractivity contribution in [2.45, 2.75) is 33.3 Å². The summed E-state index contributed by atoms with van der Waals surface area (Å²) < 4.78 is 33.1. The summed E-state index contributed by atoms with van der Waals surface area (Å²) in [6.07, 6.45) is 0. The van der Waals surface area contributed by atoms with Gasteiger partial charge in [-0.05, 0) is 20.8 Å². The van der Waals surface area contributed by atoms with Crippen molar-refractivity contribution in [2.75, 3.05) is 5.32 Å². The zero-order chi connectivity index (χ0) is 17.6. The summed E-state index contributed by atoms with van der Waals surface area (Å²) in [5.74, 6) is -0.668. The average Bonchev–Trinajstić information content (AvgIpc) is 2.29. The third-order valence-corrected chi connectivity index (χ3v) is 4.02. The number of phenolic OH excluding ortho intramolecular Hbond substituents is 1. The fourth-order valence-electron chi connectivity index (χ4n) is 1.14. The molecule has 124 valence electrons. The Bertz CT molecular complexity index is 574. The number of carbonyl (C=O) groups excluding carboxylic acids is 2. The molecule has 1 aromatic rings. The zero-order valence-electron chi connectivity index (χ0n) is 12.7. The van der Waals surface area contributed by atoms with Crippen LogP contribution in [-0.4, -0.2) is 45.5 Å². The normalized spacial score (nSPS) is 11.0. The second-order valence-electron chi connectivity index (χ2n) is 5.25. The van der Waals surface area contributed by atoms with E-state index in [0.717, 1.165) is 18.2 Å². The predicted octanol–water partition coefficient (Wildman–Crippen LogP) is -0.131. The van der Waals surface area contributed by atoms with E-state index in [-0.39, 0.29) is 21.4 Å². The number of aromatic hydroxyl groups is 1. The van der Waals surface area contributed by atoms with Crippen molar-refractivity contribution in [3.05, 3.63) is 18.2 Å². The smallest absolute Gasteiger partial charge is 0.293 e. The Morgan fingerprint density at radius 1 is 1.32 bits per heavy atom. The minimum absolute atomic E-state index is 0.00951. The third kappa shape index (κ3) is 8.51. The Labute approximate surface area is 131 Å². The molecule has 0 fully saturated rings. The fraction of sp³-hybridized carbons (Fsp3) is 0.385. The number of anilines is 1. The molecule has 0 aliphatic heterocycles. The summed E-state index contributed by atoms with van der Waals surface area (Å²) in [4.78, 5) is 20.3. The number of phenols is 1. The number of amides is 1. The van der Waals surface area contributed by atoms with Crippen LogP contribution in [0.25, 0.3) is 0 Å². The second-order valence-corrected chi connectivity index (χ2v) is 8.62. The van der Waals surface area contributed by atoms with Crippen LogP contribution in [0.3, 0.4) is 0 Å². The fourth-order valence-corrected chi connectivity index (χ4v) is 2.33. The standard InChI is InChI=1S/C8H10AsNO5.C5H10O2/c1-5(11)10-7-4-6(9(13,14)15)2-3-8(7)12;1-5(2,3)7-4-6/h2-4,12H,1H3,(H,10,11)(H2,13,14,15);4H,1-3H3. The van der Waals surface area contributed by atoms with Gasteiger partial charge in [0.2, 0.25) is 0 Å². The maximum atomic E-state index is 10.9. The largest absolute Gasteiger partial charge is 0.462 e. The molecule has 0 saturated heterocycles. The molecular formula is C13H20AsNO7. The molecule has 4 N–H and O–H groups in total. The van der Waals surface area contributed by atoms with Crippen LogP contribution in [0.2, 0.25) is 0 Å². The minimum Gasteiger partial charge on any atom is -0.462 e. The van der Waals surface area contributed by atoms with Gasteiger partial charge in [0.25, 0.3) is 6.47 Å². The Hall–Kier alpha value is -1.76. The first kappa shape index (κ1) is 20.2. The summed E-state index contributed by atoms with van der Waals surface area (Å²) in [5, 5.41) is 11.6. The van der Waals surface area contributed by atoms with E-state index in [1.54, 1.807) is 0 Å². The van der Waals surface area contributed by atoms with E-state index in [1.807, 2.05) is 20.8 Å². The predicted molar refractivity (Wildman–Crippen MR) is 79.8 cm³/mol. The van der Waals surface area contributed by atoms with E-state index in [9.17, 15) is 18.4 Å². The number of hydrogen-bond donors (Lipinski definition) is 4. The van der Waals surface area contributed by atoms with Gasteiger partial charge in [-0.3, -0.25) is 4.79 Å². The Balaban J connectivity index is 0.000000534. The van der Waals surface area contributed by atoms with Gasteiger partial charge in [-0.15, -0.1) is 0 Å². The van der Waals surface area contributed by atoms with Crippen molar-refractivity contribution in [3.8, 4) is 5.75 Å². The molecule has 1 rings (SSSR count). The summed E-state index contributed by atoms with van der Waals surface area (Å²) in [6, 6.07) is 3.32. The molecule has 1 amide bonds. The first-order chi connectivity index (χ1) is 9.86. The Kier molecular flexibility index (Phi) is 7.38. The van der Waals surface area contributed by atoms with E-state index < -0.39 is 20.1 Å². The molecule has 8 nitrogen and oxygen atoms in total. The minimum atomic E-state index is -4.98. The van der Waals surface area contributed by atoms with Crippen LogP contribution in [0.5, 0.6) is 5.75 Å². The number of benzene rings is 1. The Morgan fingerprint density at radius 2 is 1.86 bits per heavy atom. The van der Waals surface area contributed by atoms with Crippen molar-refractivity contribution in [2.24, 2.45) is 0 Å². The molecule has 0 bridgehead atoms. The van der Waals surface area contributed by atoms with E-state index in [1.165, 1.54) is 6.92 Å². The van der Waals surface area contributed by atoms with E-state index >= 15 is 0 Å². The number of ether oxygens (including phenoxy) is 1. The van der Waals surface area contributed by atoms with Gasteiger partial charge in [-0.2, -0.15) is 0 Å². The van der Waals surface area contributed by atoms with Crippen LogP contribution in [-0.2, 0) is 18.1 Å². The van der Waals surface area contributed by atoms with Crippen molar-refractivity contribution < 1.29 is 31.4 Å². The van der Waals surface area contributed by atoms with Gasteiger partial charge >= 0.3 is 88.1 Å². The van der Waals surface area contributed by atoms with Gasteiger partial charge in [0.15, 0.2) is 0 Å². The summed E-state index contributed by atoms with van der Waals surface area (Å²) in [6.45, 7) is 7.15. The van der Waals surface area contributed by atoms with Gasteiger partial charge in [0.05, 0.1) is 0 Å². The topological polar surface area (TPSA) is 133 Å². The van der Waals surface area contributed by atoms with Crippen LogP contribution in [0.4, 0.5) is 5.69 Å². The van der Waals surface area contributed by atoms with Crippen LogP contribution < -0.4 is 9.67 Å². The molecule has 0 saturated carbocycles. The molecule has 0 heterocycles. The van der Waals surface area contributed by atoms with Gasteiger partial charge < -0.3 is 4.74 Å². The number of carbonyl (C=O) groups is 2. The van der Waals surface area contributed by atoms with Gasteiger partial charge in [-0.1, -0.05) is 0 Å². The monoisotopic (exact) mass is 377 g/mol. The van der Waals surface area contributed by atoms with Crippen LogP contribution in [0, 0.1) is 0 Å². The summed E-state index contributed by atoms with van der Waals surface area (Å²) >= 11 is -4.98. The summed E-state index contributed by atoms with van der Waals surface area (Å²) in [7, 11) is 0. The quantitative estimate of drug-likeness (QED) is 0.328. The molecule has 1 aromatic carbocycles. The van der Waals surface area contributed by atoms with Crippen LogP contribution in [0.15, 0.2) is 18.2 Å². The molecule has 0 unspecified atom stereocenters. The zero-order valence-corrected chi connectivity index (χ0v) is 14.6. The molecule has 22 heavy (non-hydrogen) atoms. The molecule has 0 aliphatic rings. The molecule has 0 radical (unpaired) electrons. The van der Waals surface area contributed by atoms with Crippen LogP contribution >= 0.6 is 0 Å². The van der Waals surface area contributed by atoms with Crippen molar-refractivity contribution in [3.63, 3.8) is 0 Å². The molecular weight excluding hydrogens is 357 g/mol. The van der Waals surface area contributed by atoms with Gasteiger partial charge in [-0.25, -0.2) is 0 Å². The third-order valence-electron chi connectivity index (χ3n) is 2.03. The van der Waals surface area contributed by atoms with E-state index in [2.05, 4.69) is 10.1 Å². The van der Waals surface area contributed by atoms with E-state index in [0.29, 0.717) is 6.47 Å². The Morgan fingerprint density at radius 3 is 2.18 bits per heavy atom.